The molecule has 0 spiro atoms. The van der Waals surface area contributed by atoms with Gasteiger partial charge in [0.1, 0.15) is 11.5 Å². The van der Waals surface area contributed by atoms with Crippen molar-refractivity contribution in [1.82, 2.24) is 10.3 Å². The van der Waals surface area contributed by atoms with Gasteiger partial charge in [-0.15, -0.1) is 13.2 Å². The topological polar surface area (TPSA) is 46.6 Å². The van der Waals surface area contributed by atoms with Crippen molar-refractivity contribution >= 4 is 5.69 Å². The number of nitrogens with one attached hydrogen (secondary N) is 1. The molecule has 1 aromatic carbocycles. The fraction of sp³-hybridized carbons (Fsp3) is 0.389. The van der Waals surface area contributed by atoms with Crippen molar-refractivity contribution in [1.29, 1.82) is 0 Å². The number of aromatic nitrogens is 1. The molecule has 0 saturated carbocycles. The third-order valence-corrected chi connectivity index (χ3v) is 4.20. The van der Waals surface area contributed by atoms with Crippen LogP contribution in [0.4, 0.5) is 18.9 Å². The lowest BCUT2D eigenvalue weighted by atomic mass is 10.2. The van der Waals surface area contributed by atoms with Crippen molar-refractivity contribution in [2.75, 3.05) is 18.1 Å². The molecule has 0 aliphatic carbocycles. The zero-order chi connectivity index (χ0) is 18.7. The smallest absolute Gasteiger partial charge is 0.439 e. The van der Waals surface area contributed by atoms with E-state index in [9.17, 15) is 13.2 Å². The van der Waals surface area contributed by atoms with Crippen LogP contribution in [0.2, 0.25) is 0 Å². The lowest BCUT2D eigenvalue weighted by Gasteiger charge is -2.17. The van der Waals surface area contributed by atoms with E-state index in [1.807, 2.05) is 6.07 Å². The SMILES string of the molecule is CC[C@@H]1CN(c2ccc(Oc3ccc(C)c(OC(F)(F)F)c3)nc2)CN1. The van der Waals surface area contributed by atoms with Crippen LogP contribution in [0.25, 0.3) is 0 Å². The second-order valence-corrected chi connectivity index (χ2v) is 6.12. The molecule has 1 fully saturated rings. The quantitative estimate of drug-likeness (QED) is 0.857. The number of nitrogens with zero attached hydrogens (tertiary/aromatic N) is 2. The van der Waals surface area contributed by atoms with Crippen molar-refractivity contribution < 1.29 is 22.6 Å². The van der Waals surface area contributed by atoms with Crippen molar-refractivity contribution in [2.45, 2.75) is 32.7 Å². The standard InChI is InChI=1S/C18H20F3N3O2/c1-3-13-10-24(11-23-13)14-5-7-17(22-9-14)25-15-6-4-12(2)16(8-15)26-18(19,20)21/h4-9,13,23H,3,10-11H2,1-2H3/t13-/m1/s1. The van der Waals surface area contributed by atoms with E-state index in [4.69, 9.17) is 4.74 Å². The molecule has 1 atom stereocenters. The second-order valence-electron chi connectivity index (χ2n) is 6.12. The van der Waals surface area contributed by atoms with Gasteiger partial charge in [-0.2, -0.15) is 0 Å². The van der Waals surface area contributed by atoms with Crippen molar-refractivity contribution in [3.05, 3.63) is 42.1 Å². The van der Waals surface area contributed by atoms with Gasteiger partial charge in [0, 0.05) is 24.7 Å². The summed E-state index contributed by atoms with van der Waals surface area (Å²) in [6, 6.07) is 8.32. The molecule has 26 heavy (non-hydrogen) atoms. The zero-order valence-electron chi connectivity index (χ0n) is 14.5. The summed E-state index contributed by atoms with van der Waals surface area (Å²) in [7, 11) is 0. The van der Waals surface area contributed by atoms with Gasteiger partial charge in [-0.25, -0.2) is 4.98 Å². The number of pyridine rings is 1. The van der Waals surface area contributed by atoms with Gasteiger partial charge in [-0.3, -0.25) is 5.32 Å². The number of benzene rings is 1. The van der Waals surface area contributed by atoms with Crippen molar-refractivity contribution in [3.63, 3.8) is 0 Å². The molecule has 0 radical (unpaired) electrons. The molecule has 1 aromatic heterocycles. The molecule has 3 rings (SSSR count). The molecule has 1 aliphatic rings. The highest BCUT2D eigenvalue weighted by Gasteiger charge is 2.32. The first-order valence-electron chi connectivity index (χ1n) is 8.32. The highest BCUT2D eigenvalue weighted by Crippen LogP contribution is 2.31. The van der Waals surface area contributed by atoms with E-state index >= 15 is 0 Å². The third kappa shape index (κ3) is 4.57. The second kappa shape index (κ2) is 7.41. The first-order chi connectivity index (χ1) is 12.3. The molecule has 140 valence electrons. The van der Waals surface area contributed by atoms with E-state index in [0.29, 0.717) is 17.5 Å². The number of alkyl halides is 3. The van der Waals surface area contributed by atoms with Crippen LogP contribution in [0, 0.1) is 6.92 Å². The number of halogens is 3. The maximum absolute atomic E-state index is 12.4. The van der Waals surface area contributed by atoms with Crippen LogP contribution in [0.1, 0.15) is 18.9 Å². The van der Waals surface area contributed by atoms with Crippen molar-refractivity contribution in [3.8, 4) is 17.4 Å². The Labute approximate surface area is 149 Å². The maximum atomic E-state index is 12.4. The van der Waals surface area contributed by atoms with Gasteiger partial charge < -0.3 is 14.4 Å². The minimum Gasteiger partial charge on any atom is -0.439 e. The Morgan fingerprint density at radius 2 is 2.08 bits per heavy atom. The number of hydrogen-bond donors (Lipinski definition) is 1. The van der Waals surface area contributed by atoms with E-state index in [2.05, 4.69) is 26.9 Å². The van der Waals surface area contributed by atoms with Gasteiger partial charge in [0.25, 0.3) is 0 Å². The average molecular weight is 367 g/mol. The van der Waals surface area contributed by atoms with Gasteiger partial charge in [-0.1, -0.05) is 13.0 Å². The monoisotopic (exact) mass is 367 g/mol. The molecule has 2 heterocycles. The maximum Gasteiger partial charge on any atom is 0.573 e. The minimum absolute atomic E-state index is 0.226. The van der Waals surface area contributed by atoms with Gasteiger partial charge in [0.05, 0.1) is 18.6 Å². The van der Waals surface area contributed by atoms with Crippen LogP contribution in [-0.2, 0) is 0 Å². The van der Waals surface area contributed by atoms with E-state index in [-0.39, 0.29) is 11.5 Å². The van der Waals surface area contributed by atoms with Gasteiger partial charge >= 0.3 is 6.36 Å². The van der Waals surface area contributed by atoms with Crippen LogP contribution in [-0.4, -0.2) is 30.6 Å². The van der Waals surface area contributed by atoms with Crippen molar-refractivity contribution in [2.24, 2.45) is 0 Å². The molecule has 0 unspecified atom stereocenters. The van der Waals surface area contributed by atoms with Gasteiger partial charge in [-0.05, 0) is 31.0 Å². The summed E-state index contributed by atoms with van der Waals surface area (Å²) in [5.41, 5.74) is 1.33. The van der Waals surface area contributed by atoms with E-state index in [0.717, 1.165) is 25.3 Å². The van der Waals surface area contributed by atoms with Gasteiger partial charge in [0.15, 0.2) is 0 Å². The lowest BCUT2D eigenvalue weighted by molar-refractivity contribution is -0.274. The molecule has 8 heteroatoms. The van der Waals surface area contributed by atoms with E-state index in [1.54, 1.807) is 18.3 Å². The number of ether oxygens (including phenoxy) is 2. The Bertz CT molecular complexity index is 750. The molecule has 1 saturated heterocycles. The van der Waals surface area contributed by atoms with E-state index < -0.39 is 6.36 Å². The first kappa shape index (κ1) is 18.3. The van der Waals surface area contributed by atoms with Crippen LogP contribution < -0.4 is 19.7 Å². The summed E-state index contributed by atoms with van der Waals surface area (Å²) in [6.45, 7) is 5.34. The minimum atomic E-state index is -4.75. The average Bonchev–Trinajstić information content (AvgIpc) is 3.06. The van der Waals surface area contributed by atoms with Crippen LogP contribution in [0.3, 0.4) is 0 Å². The fourth-order valence-corrected chi connectivity index (χ4v) is 2.72. The van der Waals surface area contributed by atoms with Crippen LogP contribution in [0.15, 0.2) is 36.5 Å². The van der Waals surface area contributed by atoms with Crippen LogP contribution >= 0.6 is 0 Å². The molecular weight excluding hydrogens is 347 g/mol. The molecular formula is C18H20F3N3O2. The Morgan fingerprint density at radius 3 is 2.69 bits per heavy atom. The summed E-state index contributed by atoms with van der Waals surface area (Å²) in [5.74, 6) is 0.235. The Morgan fingerprint density at radius 1 is 1.27 bits per heavy atom. The summed E-state index contributed by atoms with van der Waals surface area (Å²) in [6.07, 6.45) is -2.00. The zero-order valence-corrected chi connectivity index (χ0v) is 14.5. The molecule has 0 bridgehead atoms. The Balaban J connectivity index is 1.68. The summed E-state index contributed by atoms with van der Waals surface area (Å²) < 4.78 is 46.9. The normalized spacial score (nSPS) is 17.4. The predicted octanol–water partition coefficient (Wildman–Crippen LogP) is 4.23. The highest BCUT2D eigenvalue weighted by atomic mass is 19.4. The molecule has 0 amide bonds. The summed E-state index contributed by atoms with van der Waals surface area (Å²) in [4.78, 5) is 6.41. The van der Waals surface area contributed by atoms with Gasteiger partial charge in [0.2, 0.25) is 5.88 Å². The summed E-state index contributed by atoms with van der Waals surface area (Å²) in [5, 5.41) is 3.40. The first-order valence-corrected chi connectivity index (χ1v) is 8.32. The van der Waals surface area contributed by atoms with E-state index in [1.165, 1.54) is 19.1 Å². The predicted molar refractivity (Wildman–Crippen MR) is 91.6 cm³/mol. The van der Waals surface area contributed by atoms with Crippen LogP contribution in [0.5, 0.6) is 17.4 Å². The highest BCUT2D eigenvalue weighted by molar-refractivity contribution is 5.47. The molecule has 2 aromatic rings. The number of hydrogen-bond acceptors (Lipinski definition) is 5. The Hall–Kier alpha value is -2.48. The molecule has 1 aliphatic heterocycles. The number of aryl methyl sites for hydroxylation is 1. The molecule has 1 N–H and O–H groups in total. The lowest BCUT2D eigenvalue weighted by Crippen LogP contribution is -2.21. The largest absolute Gasteiger partial charge is 0.573 e. The third-order valence-electron chi connectivity index (χ3n) is 4.20. The Kier molecular flexibility index (Phi) is 5.22. The summed E-state index contributed by atoms with van der Waals surface area (Å²) >= 11 is 0. The number of anilines is 1. The number of rotatable bonds is 5. The fourth-order valence-electron chi connectivity index (χ4n) is 2.72. The molecule has 5 nitrogen and oxygen atoms in total.